The Bertz CT molecular complexity index is 1590. The number of ether oxygens (including phenoxy) is 4. The number of nitrogens with one attached hydrogen (secondary N) is 3. The van der Waals surface area contributed by atoms with E-state index in [0.29, 0.717) is 12.3 Å². The molecule has 20 nitrogen and oxygen atoms in total. The molecule has 4 heterocycles. The predicted octanol–water partition coefficient (Wildman–Crippen LogP) is -2.48. The molecule has 0 radical (unpaired) electrons. The van der Waals surface area contributed by atoms with E-state index in [9.17, 15) is 60.0 Å². The van der Waals surface area contributed by atoms with Crippen molar-refractivity contribution in [1.82, 2.24) is 20.2 Å². The number of aromatic nitrogens is 2. The molecule has 0 aliphatic carbocycles. The molecule has 0 aromatic carbocycles. The molecule has 4 rings (SSSR count). The van der Waals surface area contributed by atoms with E-state index in [-0.39, 0.29) is 0 Å². The molecule has 3 aliphatic rings. The summed E-state index contributed by atoms with van der Waals surface area (Å²) in [5.74, 6) is -0.641. The van der Waals surface area contributed by atoms with E-state index >= 15 is 0 Å². The zero-order valence-corrected chi connectivity index (χ0v) is 33.1. The van der Waals surface area contributed by atoms with Gasteiger partial charge >= 0.3 is 5.69 Å². The molecule has 1 aromatic heterocycles. The Hall–Kier alpha value is -3.12. The van der Waals surface area contributed by atoms with E-state index in [4.69, 9.17) is 18.9 Å². The molecule has 0 bridgehead atoms. The molecule has 2 amide bonds. The van der Waals surface area contributed by atoms with Crippen LogP contribution < -0.4 is 21.9 Å². The number of hydrogen-bond acceptors (Lipinski definition) is 16. The van der Waals surface area contributed by atoms with E-state index in [1.165, 1.54) is 31.8 Å². The van der Waals surface area contributed by atoms with Gasteiger partial charge in [-0.3, -0.25) is 23.9 Å². The van der Waals surface area contributed by atoms with E-state index in [1.54, 1.807) is 6.08 Å². The Morgan fingerprint density at radius 1 is 0.828 bits per heavy atom. The molecule has 1 aromatic rings. The van der Waals surface area contributed by atoms with E-state index in [2.05, 4.69) is 24.5 Å². The first kappa shape index (κ1) is 47.6. The van der Waals surface area contributed by atoms with Gasteiger partial charge in [0.15, 0.2) is 18.8 Å². The van der Waals surface area contributed by atoms with Gasteiger partial charge in [-0.1, -0.05) is 64.9 Å². The van der Waals surface area contributed by atoms with Gasteiger partial charge in [0.2, 0.25) is 11.8 Å². The monoisotopic (exact) mass is 830 g/mol. The number of nitrogens with zero attached hydrogens (tertiary/aromatic N) is 1. The average molecular weight is 831 g/mol. The summed E-state index contributed by atoms with van der Waals surface area (Å²) >= 11 is 0. The number of hydrogen-bond donors (Lipinski definition) is 11. The molecule has 3 saturated heterocycles. The molecule has 15 atom stereocenters. The van der Waals surface area contributed by atoms with Gasteiger partial charge in [-0.05, 0) is 24.8 Å². The van der Waals surface area contributed by atoms with Gasteiger partial charge in [0.05, 0.1) is 18.8 Å². The SMILES string of the molecule is CC(=O)N[C@H]1[C@@H](O[C@@H]2O[C@H](C[C@@H](O)[C@H]3O[C@@H](n4ccc(=O)[nH]c4=O)[C@H](O)[C@@H]3O)[C@H](O)[C@H](O)[C@H]2NC(=O)/C=C/CCCCCCCCCC(C)C)O[C@H](CO)[C@@H](O)[C@@H]1O. The highest BCUT2D eigenvalue weighted by Gasteiger charge is 2.53. The third-order valence-corrected chi connectivity index (χ3v) is 10.7. The maximum absolute atomic E-state index is 13.1. The molecule has 0 saturated carbocycles. The number of H-pyrrole nitrogens is 1. The van der Waals surface area contributed by atoms with E-state index in [1.807, 2.05) is 4.98 Å². The molecule has 20 heteroatoms. The fraction of sp³-hybridized carbons (Fsp3) is 0.789. The van der Waals surface area contributed by atoms with Crippen LogP contribution in [-0.4, -0.2) is 155 Å². The van der Waals surface area contributed by atoms with Crippen molar-refractivity contribution in [2.45, 2.75) is 177 Å². The Balaban J connectivity index is 1.46. The third-order valence-electron chi connectivity index (χ3n) is 10.7. The molecule has 11 N–H and O–H groups in total. The second kappa shape index (κ2) is 22.5. The number of aliphatic hydroxyl groups is 8. The number of carbonyl (C=O) groups excluding carboxylic acids is 2. The van der Waals surface area contributed by atoms with Crippen LogP contribution in [0.25, 0.3) is 0 Å². The average Bonchev–Trinajstić information content (AvgIpc) is 3.46. The van der Waals surface area contributed by atoms with Gasteiger partial charge < -0.3 is 70.4 Å². The van der Waals surface area contributed by atoms with Crippen molar-refractivity contribution in [3.05, 3.63) is 45.3 Å². The largest absolute Gasteiger partial charge is 0.394 e. The van der Waals surface area contributed by atoms with Gasteiger partial charge in [0, 0.05) is 25.6 Å². The number of amides is 2. The van der Waals surface area contributed by atoms with Crippen LogP contribution in [0.3, 0.4) is 0 Å². The number of aromatic amines is 1. The summed E-state index contributed by atoms with van der Waals surface area (Å²) in [6.45, 7) is 4.78. The van der Waals surface area contributed by atoms with Crippen molar-refractivity contribution in [3.63, 3.8) is 0 Å². The van der Waals surface area contributed by atoms with Crippen LogP contribution in [0, 0.1) is 5.92 Å². The summed E-state index contributed by atoms with van der Waals surface area (Å²) in [6, 6.07) is -2.01. The molecule has 330 valence electrons. The lowest BCUT2D eigenvalue weighted by Gasteiger charge is -2.47. The molecule has 0 unspecified atom stereocenters. The number of allylic oxidation sites excluding steroid dienone is 1. The van der Waals surface area contributed by atoms with Crippen LogP contribution in [0.4, 0.5) is 0 Å². The van der Waals surface area contributed by atoms with Crippen LogP contribution in [0.5, 0.6) is 0 Å². The summed E-state index contributed by atoms with van der Waals surface area (Å²) in [4.78, 5) is 51.1. The number of unbranched alkanes of at least 4 members (excludes halogenated alkanes) is 7. The quantitative estimate of drug-likeness (QED) is 0.0479. The number of carbonyl (C=O) groups is 2. The van der Waals surface area contributed by atoms with Gasteiger partial charge in [-0.25, -0.2) is 4.79 Å². The van der Waals surface area contributed by atoms with Gasteiger partial charge in [-0.2, -0.15) is 0 Å². The lowest BCUT2D eigenvalue weighted by Crippen LogP contribution is -2.68. The fourth-order valence-corrected chi connectivity index (χ4v) is 7.45. The smallest absolute Gasteiger partial charge is 0.330 e. The highest BCUT2D eigenvalue weighted by atomic mass is 16.8. The van der Waals surface area contributed by atoms with E-state index < -0.39 is 128 Å². The van der Waals surface area contributed by atoms with E-state index in [0.717, 1.165) is 49.4 Å². The Labute approximate surface area is 335 Å². The minimum Gasteiger partial charge on any atom is -0.394 e. The first-order chi connectivity index (χ1) is 27.5. The fourth-order valence-electron chi connectivity index (χ4n) is 7.45. The first-order valence-corrected chi connectivity index (χ1v) is 20.1. The zero-order chi connectivity index (χ0) is 42.7. The molecular formula is C38H62N4O16. The Kier molecular flexibility index (Phi) is 18.4. The normalized spacial score (nSPS) is 34.7. The van der Waals surface area contributed by atoms with Crippen LogP contribution in [0.1, 0.15) is 91.2 Å². The minimum absolute atomic E-state index is 0.598. The lowest BCUT2D eigenvalue weighted by molar-refractivity contribution is -0.346. The van der Waals surface area contributed by atoms with Gasteiger partial charge in [0.25, 0.3) is 5.56 Å². The maximum Gasteiger partial charge on any atom is 0.330 e. The van der Waals surface area contributed by atoms with Gasteiger partial charge in [0.1, 0.15) is 60.9 Å². The number of rotatable bonds is 20. The summed E-state index contributed by atoms with van der Waals surface area (Å²) in [7, 11) is 0. The highest BCUT2D eigenvalue weighted by Crippen LogP contribution is 2.34. The number of aliphatic hydroxyl groups excluding tert-OH is 8. The Morgan fingerprint density at radius 3 is 2.02 bits per heavy atom. The summed E-state index contributed by atoms with van der Waals surface area (Å²) in [5, 5.41) is 91.4. The maximum atomic E-state index is 13.1. The predicted molar refractivity (Wildman–Crippen MR) is 202 cm³/mol. The summed E-state index contributed by atoms with van der Waals surface area (Å²) in [5.41, 5.74) is -1.68. The molecule has 58 heavy (non-hydrogen) atoms. The molecular weight excluding hydrogens is 768 g/mol. The van der Waals surface area contributed by atoms with Gasteiger partial charge in [-0.15, -0.1) is 0 Å². The zero-order valence-electron chi connectivity index (χ0n) is 33.1. The van der Waals surface area contributed by atoms with Crippen molar-refractivity contribution in [2.24, 2.45) is 5.92 Å². The standard InChI is InChI=1S/C38H62N4O16/c1-19(2)13-11-9-7-5-4-6-8-10-12-14-24(46)40-27-31(51)28(48)22(55-37(27)58-36-26(39-20(3)44)30(50)29(49)23(18-43)56-36)17-21(45)34-32(52)33(53)35(57-34)42-16-15-25(47)41-38(42)54/h12,14-16,19,21-23,26-37,43,45,48-53H,4-11,13,17-18H2,1-3H3,(H,39,44)(H,40,46)(H,41,47,54)/b14-12+/t21-,22-,23-,26-,27-,28+,29-,30-,31-,32+,33-,34-,35-,36-,37+/m1/s1. The van der Waals surface area contributed by atoms with Crippen LogP contribution in [0.2, 0.25) is 0 Å². The molecule has 0 spiro atoms. The van der Waals surface area contributed by atoms with Crippen LogP contribution in [-0.2, 0) is 28.5 Å². The van der Waals surface area contributed by atoms with Crippen molar-refractivity contribution in [1.29, 1.82) is 0 Å². The van der Waals surface area contributed by atoms with Crippen LogP contribution >= 0.6 is 0 Å². The third kappa shape index (κ3) is 12.7. The first-order valence-electron chi connectivity index (χ1n) is 20.1. The van der Waals surface area contributed by atoms with Crippen molar-refractivity contribution in [2.75, 3.05) is 6.61 Å². The second-order valence-electron chi connectivity index (χ2n) is 15.8. The van der Waals surface area contributed by atoms with Crippen molar-refractivity contribution >= 4 is 11.8 Å². The highest BCUT2D eigenvalue weighted by molar-refractivity contribution is 5.87. The summed E-state index contributed by atoms with van der Waals surface area (Å²) < 4.78 is 24.1. The summed E-state index contributed by atoms with van der Waals surface area (Å²) in [6.07, 6.45) is -8.97. The second-order valence-corrected chi connectivity index (χ2v) is 15.8. The van der Waals surface area contributed by atoms with Crippen molar-refractivity contribution in [3.8, 4) is 0 Å². The molecule has 3 aliphatic heterocycles. The minimum atomic E-state index is -1.85. The van der Waals surface area contributed by atoms with Crippen molar-refractivity contribution < 1.29 is 69.4 Å². The topological polar surface area (TPSA) is 312 Å². The molecule has 3 fully saturated rings. The Morgan fingerprint density at radius 2 is 1.41 bits per heavy atom. The van der Waals surface area contributed by atoms with Crippen LogP contribution in [0.15, 0.2) is 34.0 Å². The lowest BCUT2D eigenvalue weighted by atomic mass is 9.91.